The average Bonchev–Trinajstić information content (AvgIpc) is 3.28. The third-order valence-corrected chi connectivity index (χ3v) is 14.8. The van der Waals surface area contributed by atoms with E-state index in [1.165, 1.54) is 11.6 Å². The summed E-state index contributed by atoms with van der Waals surface area (Å²) in [6, 6.07) is 24.2. The van der Waals surface area contributed by atoms with Gasteiger partial charge in [0.1, 0.15) is 18.2 Å². The van der Waals surface area contributed by atoms with Gasteiger partial charge in [-0.15, -0.1) is 0 Å². The van der Waals surface area contributed by atoms with Crippen LogP contribution in [0.3, 0.4) is 0 Å². The lowest BCUT2D eigenvalue weighted by Crippen LogP contribution is -2.60. The molecular weight excluding hydrogens is 811 g/mol. The maximum atomic E-state index is 13.5. The lowest BCUT2D eigenvalue weighted by Gasteiger charge is -2.58. The summed E-state index contributed by atoms with van der Waals surface area (Å²) in [5.41, 5.74) is 2.34. The van der Waals surface area contributed by atoms with E-state index >= 15 is 0 Å². The van der Waals surface area contributed by atoms with Gasteiger partial charge in [-0.05, 0) is 106 Å². The number of amides is 1. The summed E-state index contributed by atoms with van der Waals surface area (Å²) in [7, 11) is -4.48. The summed E-state index contributed by atoms with van der Waals surface area (Å²) in [4.78, 5) is 36.5. The molecule has 5 aliphatic rings. The molecule has 2 atom stereocenters. The van der Waals surface area contributed by atoms with E-state index in [0.29, 0.717) is 19.3 Å². The van der Waals surface area contributed by atoms with Crippen LogP contribution in [0.1, 0.15) is 74.3 Å². The molecule has 5 heterocycles. The minimum absolute atomic E-state index is 0.0574. The number of fused-ring (bicyclic) bond motifs is 1. The zero-order valence-electron chi connectivity index (χ0n) is 35.3. The van der Waals surface area contributed by atoms with Crippen LogP contribution in [0.5, 0.6) is 11.5 Å². The first-order valence-electron chi connectivity index (χ1n) is 21.8. The lowest BCUT2D eigenvalue weighted by atomic mass is 9.59. The largest absolute Gasteiger partial charge is 0.491 e. The fraction of sp³-hybridized carbons (Fsp3) is 0.478. The van der Waals surface area contributed by atoms with Crippen molar-refractivity contribution in [3.63, 3.8) is 0 Å². The zero-order valence-corrected chi connectivity index (χ0v) is 36.1. The highest BCUT2D eigenvalue weighted by Gasteiger charge is 2.50. The van der Waals surface area contributed by atoms with Gasteiger partial charge >= 0.3 is 0 Å². The summed E-state index contributed by atoms with van der Waals surface area (Å²) < 4.78 is 46.7. The van der Waals surface area contributed by atoms with Gasteiger partial charge in [-0.2, -0.15) is 0 Å². The first-order valence-corrected chi connectivity index (χ1v) is 23.3. The number of para-hydroxylation sites is 1. The van der Waals surface area contributed by atoms with Crippen molar-refractivity contribution in [2.75, 3.05) is 67.7 Å². The minimum atomic E-state index is -4.48. The second-order valence-electron chi connectivity index (χ2n) is 17.7. The number of carbonyl (C=O) groups excluding carboxylic acids is 1. The number of ether oxygens (including phenoxy) is 3. The number of carbonyl (C=O) groups is 1. The van der Waals surface area contributed by atoms with E-state index < -0.39 is 31.4 Å². The molecule has 1 saturated carbocycles. The molecular formula is C46H55N7O8S. The predicted octanol–water partition coefficient (Wildman–Crippen LogP) is 6.81. The van der Waals surface area contributed by atoms with Gasteiger partial charge in [-0.25, -0.2) is 18.1 Å². The molecule has 1 amide bonds. The van der Waals surface area contributed by atoms with E-state index in [1.807, 2.05) is 36.5 Å². The van der Waals surface area contributed by atoms with E-state index in [0.717, 1.165) is 94.6 Å². The molecule has 0 radical (unpaired) electrons. The highest BCUT2D eigenvalue weighted by Crippen LogP contribution is 2.53. The van der Waals surface area contributed by atoms with Gasteiger partial charge in [-0.3, -0.25) is 19.8 Å². The monoisotopic (exact) mass is 865 g/mol. The van der Waals surface area contributed by atoms with Crippen molar-refractivity contribution in [3.8, 4) is 11.5 Å². The normalized spacial score (nSPS) is 22.0. The molecule has 4 aliphatic heterocycles. The fourth-order valence-electron chi connectivity index (χ4n) is 10.2. The maximum Gasteiger partial charge on any atom is 0.297 e. The van der Waals surface area contributed by atoms with Crippen LogP contribution in [0.2, 0.25) is 0 Å². The van der Waals surface area contributed by atoms with Crippen LogP contribution in [0.25, 0.3) is 0 Å². The number of benzene rings is 3. The number of rotatable bonds is 11. The number of sulfonamides is 1. The Labute approximate surface area is 362 Å². The Morgan fingerprint density at radius 1 is 0.968 bits per heavy atom. The van der Waals surface area contributed by atoms with Gasteiger partial charge in [0.15, 0.2) is 11.4 Å². The molecule has 3 saturated heterocycles. The van der Waals surface area contributed by atoms with Crippen LogP contribution >= 0.6 is 0 Å². The molecule has 0 unspecified atom stereocenters. The summed E-state index contributed by atoms with van der Waals surface area (Å²) >= 11 is 0. The van der Waals surface area contributed by atoms with Crippen LogP contribution < -0.4 is 29.3 Å². The Morgan fingerprint density at radius 2 is 1.71 bits per heavy atom. The van der Waals surface area contributed by atoms with Crippen molar-refractivity contribution in [3.05, 3.63) is 106 Å². The molecule has 2 N–H and O–H groups in total. The van der Waals surface area contributed by atoms with E-state index in [4.69, 9.17) is 14.2 Å². The van der Waals surface area contributed by atoms with Gasteiger partial charge < -0.3 is 29.3 Å². The molecule has 16 heteroatoms. The Balaban J connectivity index is 0.818. The number of piperazine rings is 1. The van der Waals surface area contributed by atoms with E-state index in [-0.39, 0.29) is 53.1 Å². The van der Waals surface area contributed by atoms with Crippen molar-refractivity contribution < 1.29 is 32.3 Å². The molecule has 4 aromatic rings. The molecule has 1 aliphatic carbocycles. The van der Waals surface area contributed by atoms with Gasteiger partial charge in [0, 0.05) is 87.1 Å². The van der Waals surface area contributed by atoms with E-state index in [9.17, 15) is 23.3 Å². The number of nitro groups is 1. The van der Waals surface area contributed by atoms with Crippen LogP contribution in [0.4, 0.5) is 22.9 Å². The number of aromatic nitrogens is 1. The number of nitro benzene ring substituents is 1. The van der Waals surface area contributed by atoms with Crippen molar-refractivity contribution >= 4 is 38.8 Å². The number of hydrogen-bond acceptors (Lipinski definition) is 13. The summed E-state index contributed by atoms with van der Waals surface area (Å²) in [5, 5.41) is 15.3. The standard InChI is InChI=1S/C46H55N7O8S/c1-31(2)61-41-8-4-3-7-37(41)40-29-51(43-9-5-6-18-47-43)21-22-52(40)35-27-46(28-35)16-19-50(20-17-46)34-12-10-33(11-13-34)45(54)49-62(57,58)36-25-39(53(55)56)44-42(26-36)60-30-38(48-44)32-14-23-59-24-15-32/h3-13,18,25-26,31-32,35,38,40,48H,14-17,19-24,27-30H2,1-2H3,(H,49,54)/t38-,40-/m0/s1. The van der Waals surface area contributed by atoms with Gasteiger partial charge in [0.2, 0.25) is 0 Å². The predicted molar refractivity (Wildman–Crippen MR) is 236 cm³/mol. The number of hydrogen-bond donors (Lipinski definition) is 2. The van der Waals surface area contributed by atoms with Gasteiger partial charge in [0.05, 0.1) is 28.0 Å². The molecule has 1 aromatic heterocycles. The Hall–Kier alpha value is -5.45. The summed E-state index contributed by atoms with van der Waals surface area (Å²) in [6.07, 6.45) is 7.95. The third-order valence-electron chi connectivity index (χ3n) is 13.5. The first kappa shape index (κ1) is 41.9. The molecule has 3 aromatic carbocycles. The number of piperidine rings is 1. The summed E-state index contributed by atoms with van der Waals surface area (Å²) in [5.74, 6) is 1.38. The fourth-order valence-corrected chi connectivity index (χ4v) is 11.2. The number of nitrogens with one attached hydrogen (secondary N) is 2. The van der Waals surface area contributed by atoms with Crippen molar-refractivity contribution in [2.24, 2.45) is 11.3 Å². The molecule has 9 rings (SSSR count). The number of anilines is 3. The topological polar surface area (TPSA) is 169 Å². The third kappa shape index (κ3) is 8.64. The molecule has 62 heavy (non-hydrogen) atoms. The Morgan fingerprint density at radius 3 is 2.42 bits per heavy atom. The SMILES string of the molecule is CC(C)Oc1ccccc1[C@@H]1CN(c2ccccn2)CCN1C1CC2(CCN(c3ccc(C(=O)NS(=O)(=O)c4cc5c(c([N+](=O)[O-])c4)N[C@H](C4CCOCC4)CO5)cc3)CC2)C1. The molecule has 0 bridgehead atoms. The zero-order chi connectivity index (χ0) is 43.0. The molecule has 328 valence electrons. The first-order chi connectivity index (χ1) is 29.9. The molecule has 4 fully saturated rings. The van der Waals surface area contributed by atoms with E-state index in [1.54, 1.807) is 12.1 Å². The van der Waals surface area contributed by atoms with Crippen molar-refractivity contribution in [2.45, 2.75) is 81.5 Å². The van der Waals surface area contributed by atoms with Crippen LogP contribution in [0, 0.1) is 21.4 Å². The molecule has 1 spiro atoms. The Kier molecular flexibility index (Phi) is 11.7. The van der Waals surface area contributed by atoms with Crippen LogP contribution in [-0.4, -0.2) is 99.9 Å². The summed E-state index contributed by atoms with van der Waals surface area (Å²) in [6.45, 7) is 10.1. The van der Waals surface area contributed by atoms with E-state index in [2.05, 4.69) is 67.8 Å². The highest BCUT2D eigenvalue weighted by molar-refractivity contribution is 7.90. The van der Waals surface area contributed by atoms with Gasteiger partial charge in [0.25, 0.3) is 21.6 Å². The Bertz CT molecular complexity index is 2360. The van der Waals surface area contributed by atoms with Crippen molar-refractivity contribution in [1.29, 1.82) is 0 Å². The number of nitrogens with zero attached hydrogens (tertiary/aromatic N) is 5. The van der Waals surface area contributed by atoms with Crippen LogP contribution in [-0.2, 0) is 14.8 Å². The highest BCUT2D eigenvalue weighted by atomic mass is 32.2. The van der Waals surface area contributed by atoms with Crippen LogP contribution in [0.15, 0.2) is 90.0 Å². The van der Waals surface area contributed by atoms with Gasteiger partial charge in [-0.1, -0.05) is 24.3 Å². The second-order valence-corrected chi connectivity index (χ2v) is 19.4. The molecule has 15 nitrogen and oxygen atoms in total. The van der Waals surface area contributed by atoms with Crippen molar-refractivity contribution in [1.82, 2.24) is 14.6 Å². The average molecular weight is 866 g/mol. The second kappa shape index (κ2) is 17.4. The smallest absolute Gasteiger partial charge is 0.297 e. The minimum Gasteiger partial charge on any atom is -0.491 e. The number of pyridine rings is 1. The maximum absolute atomic E-state index is 13.5. The quantitative estimate of drug-likeness (QED) is 0.119. The lowest BCUT2D eigenvalue weighted by molar-refractivity contribution is -0.384.